The average Bonchev–Trinajstić information content (AvgIpc) is 2.71. The van der Waals surface area contributed by atoms with Gasteiger partial charge in [0.2, 0.25) is 0 Å². The fraction of sp³-hybridized carbons (Fsp3) is 0.692. The van der Waals surface area contributed by atoms with Crippen LogP contribution in [0.3, 0.4) is 0 Å². The van der Waals surface area contributed by atoms with E-state index in [2.05, 4.69) is 48.6 Å². The Morgan fingerprint density at radius 2 is 2.29 bits per heavy atom. The van der Waals surface area contributed by atoms with Crippen LogP contribution < -0.4 is 5.32 Å². The highest BCUT2D eigenvalue weighted by molar-refractivity contribution is 5.42. The largest absolute Gasteiger partial charge is 0.316 e. The first kappa shape index (κ1) is 13.9. The Hall–Kier alpha value is -1.16. The molecule has 1 rings (SSSR count). The third-order valence-electron chi connectivity index (χ3n) is 2.41. The molecule has 96 valence electrons. The van der Waals surface area contributed by atoms with Gasteiger partial charge in [0.15, 0.2) is 0 Å². The molecular weight excluding hydrogens is 212 g/mol. The van der Waals surface area contributed by atoms with Crippen LogP contribution in [0, 0.1) is 5.92 Å². The van der Waals surface area contributed by atoms with Crippen molar-refractivity contribution in [1.29, 1.82) is 0 Å². The monoisotopic (exact) mass is 236 g/mol. The Balaban J connectivity index is 2.25. The molecule has 0 aliphatic rings. The highest BCUT2D eigenvalue weighted by Gasteiger charge is 1.97. The highest BCUT2D eigenvalue weighted by atomic mass is 15.4. The first-order chi connectivity index (χ1) is 8.24. The molecule has 0 atom stereocenters. The summed E-state index contributed by atoms with van der Waals surface area (Å²) < 4.78 is 1.94. The quantitative estimate of drug-likeness (QED) is 0.704. The topological polar surface area (TPSA) is 42.7 Å². The van der Waals surface area contributed by atoms with Crippen molar-refractivity contribution in [3.8, 4) is 0 Å². The molecule has 0 unspecified atom stereocenters. The van der Waals surface area contributed by atoms with Crippen molar-refractivity contribution in [1.82, 2.24) is 20.3 Å². The van der Waals surface area contributed by atoms with E-state index in [1.54, 1.807) is 0 Å². The second-order valence-electron chi connectivity index (χ2n) is 4.67. The summed E-state index contributed by atoms with van der Waals surface area (Å²) in [6.45, 7) is 9.64. The van der Waals surface area contributed by atoms with Crippen LogP contribution in [0.25, 0.3) is 6.08 Å². The van der Waals surface area contributed by atoms with Crippen molar-refractivity contribution >= 4 is 6.08 Å². The molecule has 0 aliphatic heterocycles. The number of hydrogen-bond acceptors (Lipinski definition) is 3. The molecule has 0 radical (unpaired) electrons. The van der Waals surface area contributed by atoms with Gasteiger partial charge in [-0.3, -0.25) is 0 Å². The van der Waals surface area contributed by atoms with Crippen LogP contribution in [0.1, 0.15) is 39.3 Å². The molecule has 0 aliphatic carbocycles. The Morgan fingerprint density at radius 3 is 3.00 bits per heavy atom. The fourth-order valence-electron chi connectivity index (χ4n) is 1.56. The van der Waals surface area contributed by atoms with E-state index in [1.807, 2.05) is 10.9 Å². The summed E-state index contributed by atoms with van der Waals surface area (Å²) >= 11 is 0. The van der Waals surface area contributed by atoms with Gasteiger partial charge in [0.25, 0.3) is 0 Å². The molecule has 1 N–H and O–H groups in total. The molecule has 17 heavy (non-hydrogen) atoms. The Bertz CT molecular complexity index is 328. The number of aromatic nitrogens is 3. The van der Waals surface area contributed by atoms with E-state index in [0.29, 0.717) is 5.92 Å². The third kappa shape index (κ3) is 5.63. The van der Waals surface area contributed by atoms with Gasteiger partial charge in [-0.2, -0.15) is 0 Å². The molecule has 1 heterocycles. The molecule has 0 spiro atoms. The van der Waals surface area contributed by atoms with E-state index in [9.17, 15) is 0 Å². The first-order valence-corrected chi connectivity index (χ1v) is 6.49. The van der Waals surface area contributed by atoms with Crippen molar-refractivity contribution in [2.45, 2.75) is 40.2 Å². The first-order valence-electron chi connectivity index (χ1n) is 6.49. The van der Waals surface area contributed by atoms with Crippen molar-refractivity contribution in [2.24, 2.45) is 5.92 Å². The maximum absolute atomic E-state index is 4.04. The minimum atomic E-state index is 0.717. The summed E-state index contributed by atoms with van der Waals surface area (Å²) in [6.07, 6.45) is 8.22. The molecule has 1 aromatic rings. The summed E-state index contributed by atoms with van der Waals surface area (Å²) in [7, 11) is 0. The van der Waals surface area contributed by atoms with E-state index >= 15 is 0 Å². The van der Waals surface area contributed by atoms with Crippen molar-refractivity contribution in [2.75, 3.05) is 13.1 Å². The zero-order chi connectivity index (χ0) is 12.5. The summed E-state index contributed by atoms with van der Waals surface area (Å²) in [5, 5.41) is 11.4. The van der Waals surface area contributed by atoms with Crippen LogP contribution >= 0.6 is 0 Å². The lowest BCUT2D eigenvalue weighted by Crippen LogP contribution is -2.20. The van der Waals surface area contributed by atoms with E-state index < -0.39 is 0 Å². The van der Waals surface area contributed by atoms with Crippen LogP contribution in [-0.4, -0.2) is 28.1 Å². The summed E-state index contributed by atoms with van der Waals surface area (Å²) in [5.41, 5.74) is 1.09. The Labute approximate surface area is 104 Å². The zero-order valence-electron chi connectivity index (χ0n) is 11.2. The van der Waals surface area contributed by atoms with Gasteiger partial charge in [-0.05, 0) is 37.9 Å². The minimum Gasteiger partial charge on any atom is -0.316 e. The van der Waals surface area contributed by atoms with E-state index in [0.717, 1.165) is 38.2 Å². The maximum atomic E-state index is 4.04. The standard InChI is InChI=1S/C13H24N4/c1-4-9-17-13(11-15-16-17)7-5-6-8-14-10-12(2)3/h5,7,11-12,14H,4,6,8-10H2,1-3H3/b7-5+. The van der Waals surface area contributed by atoms with Gasteiger partial charge in [0.05, 0.1) is 11.9 Å². The van der Waals surface area contributed by atoms with Gasteiger partial charge in [0, 0.05) is 6.54 Å². The van der Waals surface area contributed by atoms with Crippen molar-refractivity contribution in [3.05, 3.63) is 18.0 Å². The smallest absolute Gasteiger partial charge is 0.0810 e. The summed E-state index contributed by atoms with van der Waals surface area (Å²) in [6, 6.07) is 0. The maximum Gasteiger partial charge on any atom is 0.0810 e. The lowest BCUT2D eigenvalue weighted by atomic mass is 10.2. The molecular formula is C13H24N4. The lowest BCUT2D eigenvalue weighted by molar-refractivity contribution is 0.557. The average molecular weight is 236 g/mol. The predicted molar refractivity (Wildman–Crippen MR) is 71.7 cm³/mol. The lowest BCUT2D eigenvalue weighted by Gasteiger charge is -2.05. The number of hydrogen-bond donors (Lipinski definition) is 1. The zero-order valence-corrected chi connectivity index (χ0v) is 11.2. The van der Waals surface area contributed by atoms with Crippen LogP contribution in [0.4, 0.5) is 0 Å². The molecule has 0 fully saturated rings. The number of aryl methyl sites for hydroxylation is 1. The van der Waals surface area contributed by atoms with Gasteiger partial charge >= 0.3 is 0 Å². The summed E-state index contributed by atoms with van der Waals surface area (Å²) in [4.78, 5) is 0. The molecule has 1 aromatic heterocycles. The van der Waals surface area contributed by atoms with E-state index in [4.69, 9.17) is 0 Å². The molecule has 0 amide bonds. The molecule has 0 aromatic carbocycles. The van der Waals surface area contributed by atoms with Crippen LogP contribution in [0.2, 0.25) is 0 Å². The second kappa shape index (κ2) is 8.01. The predicted octanol–water partition coefficient (Wildman–Crippen LogP) is 2.34. The van der Waals surface area contributed by atoms with E-state index in [-0.39, 0.29) is 0 Å². The second-order valence-corrected chi connectivity index (χ2v) is 4.67. The SMILES string of the molecule is CCCn1nncc1/C=C/CCNCC(C)C. The van der Waals surface area contributed by atoms with Crippen LogP contribution in [0.5, 0.6) is 0 Å². The molecule has 0 saturated carbocycles. The van der Waals surface area contributed by atoms with Gasteiger partial charge < -0.3 is 5.32 Å². The van der Waals surface area contributed by atoms with Crippen LogP contribution in [0.15, 0.2) is 12.3 Å². The van der Waals surface area contributed by atoms with Gasteiger partial charge in [-0.15, -0.1) is 5.10 Å². The molecule has 0 saturated heterocycles. The molecule has 0 bridgehead atoms. The van der Waals surface area contributed by atoms with Crippen LogP contribution in [-0.2, 0) is 6.54 Å². The molecule has 4 heteroatoms. The van der Waals surface area contributed by atoms with Gasteiger partial charge in [0.1, 0.15) is 0 Å². The van der Waals surface area contributed by atoms with Crippen molar-refractivity contribution in [3.63, 3.8) is 0 Å². The number of nitrogens with zero attached hydrogens (tertiary/aromatic N) is 3. The van der Waals surface area contributed by atoms with Gasteiger partial charge in [-0.1, -0.05) is 32.1 Å². The number of nitrogens with one attached hydrogen (secondary N) is 1. The molecule has 4 nitrogen and oxygen atoms in total. The minimum absolute atomic E-state index is 0.717. The fourth-order valence-corrected chi connectivity index (χ4v) is 1.56. The van der Waals surface area contributed by atoms with Crippen molar-refractivity contribution < 1.29 is 0 Å². The highest BCUT2D eigenvalue weighted by Crippen LogP contribution is 2.01. The third-order valence-corrected chi connectivity index (χ3v) is 2.41. The van der Waals surface area contributed by atoms with E-state index in [1.165, 1.54) is 0 Å². The Morgan fingerprint density at radius 1 is 1.47 bits per heavy atom. The normalized spacial score (nSPS) is 11.8. The van der Waals surface area contributed by atoms with Gasteiger partial charge in [-0.25, -0.2) is 4.68 Å². The summed E-state index contributed by atoms with van der Waals surface area (Å²) in [5.74, 6) is 0.717. The number of rotatable bonds is 8. The Kier molecular flexibility index (Phi) is 6.55.